The Hall–Kier alpha value is -2.18. The largest absolute Gasteiger partial charge is 0.497 e. The monoisotopic (exact) mass is 468 g/mol. The molecule has 0 amide bonds. The number of hydrogen-bond donors (Lipinski definition) is 2. The highest BCUT2D eigenvalue weighted by Crippen LogP contribution is 2.40. The number of likely N-dealkylation sites (tertiary alicyclic amines) is 1. The molecule has 0 spiro atoms. The molecular weight excluding hydrogens is 428 g/mol. The van der Waals surface area contributed by atoms with Crippen LogP contribution in [-0.2, 0) is 4.79 Å². The third kappa shape index (κ3) is 5.55. The van der Waals surface area contributed by atoms with Crippen molar-refractivity contribution in [1.82, 2.24) is 9.88 Å². The van der Waals surface area contributed by atoms with Crippen molar-refractivity contribution in [1.29, 1.82) is 0 Å². The number of carbonyl (C=O) groups is 1. The number of nitrogens with zero attached hydrogens (tertiary/aromatic N) is 2. The van der Waals surface area contributed by atoms with Gasteiger partial charge in [-0.25, -0.2) is 0 Å². The van der Waals surface area contributed by atoms with Crippen molar-refractivity contribution < 1.29 is 19.7 Å². The number of aryl methyl sites for hydroxylation is 1. The number of hydrogen-bond acceptors (Lipinski definition) is 5. The number of carboxylic acids is 1. The fourth-order valence-electron chi connectivity index (χ4n) is 6.03. The Morgan fingerprint density at radius 3 is 2.65 bits per heavy atom. The Morgan fingerprint density at radius 2 is 1.97 bits per heavy atom. The molecule has 1 unspecified atom stereocenters. The number of carboxylic acid groups (broad SMARTS) is 1. The third-order valence-electron chi connectivity index (χ3n) is 8.39. The average Bonchev–Trinajstić information content (AvgIpc) is 2.86. The van der Waals surface area contributed by atoms with Crippen LogP contribution in [0.4, 0.5) is 0 Å². The fourth-order valence-corrected chi connectivity index (χ4v) is 6.03. The maximum Gasteiger partial charge on any atom is 0.309 e. The quantitative estimate of drug-likeness (QED) is 0.505. The number of aliphatic hydroxyl groups is 1. The summed E-state index contributed by atoms with van der Waals surface area (Å²) >= 11 is 0. The molecule has 0 bridgehead atoms. The van der Waals surface area contributed by atoms with Crippen molar-refractivity contribution in [3.05, 3.63) is 35.5 Å². The van der Waals surface area contributed by atoms with Crippen LogP contribution in [0, 0.1) is 18.3 Å². The lowest BCUT2D eigenvalue weighted by Crippen LogP contribution is -2.45. The van der Waals surface area contributed by atoms with Crippen LogP contribution < -0.4 is 4.74 Å². The second-order valence-corrected chi connectivity index (χ2v) is 10.5. The van der Waals surface area contributed by atoms with Gasteiger partial charge in [0.25, 0.3) is 0 Å². The Kier molecular flexibility index (Phi) is 8.10. The number of fused-ring (bicyclic) bond motifs is 1. The molecule has 2 aliphatic rings. The number of rotatable bonds is 9. The van der Waals surface area contributed by atoms with Gasteiger partial charge in [-0.05, 0) is 93.9 Å². The molecule has 1 atom stereocenters. The maximum atomic E-state index is 12.4. The van der Waals surface area contributed by atoms with Gasteiger partial charge in [0.1, 0.15) is 5.75 Å². The highest BCUT2D eigenvalue weighted by Gasteiger charge is 2.41. The summed E-state index contributed by atoms with van der Waals surface area (Å²) in [6.07, 6.45) is 11.4. The second-order valence-electron chi connectivity index (χ2n) is 10.5. The summed E-state index contributed by atoms with van der Waals surface area (Å²) < 4.78 is 5.38. The Morgan fingerprint density at radius 1 is 1.24 bits per heavy atom. The first-order valence-corrected chi connectivity index (χ1v) is 13.0. The summed E-state index contributed by atoms with van der Waals surface area (Å²) in [5.41, 5.74) is 1.79. The zero-order chi connectivity index (χ0) is 24.1. The Balaban J connectivity index is 1.39. The molecule has 6 nitrogen and oxygen atoms in total. The molecule has 4 rings (SSSR count). The molecule has 1 aromatic carbocycles. The van der Waals surface area contributed by atoms with E-state index in [9.17, 15) is 15.0 Å². The van der Waals surface area contributed by atoms with E-state index >= 15 is 0 Å². The molecular formula is C28H40N2O4. The third-order valence-corrected chi connectivity index (χ3v) is 8.39. The minimum Gasteiger partial charge on any atom is -0.497 e. The Bertz CT molecular complexity index is 978. The highest BCUT2D eigenvalue weighted by molar-refractivity contribution is 5.85. The van der Waals surface area contributed by atoms with Crippen molar-refractivity contribution in [3.63, 3.8) is 0 Å². The van der Waals surface area contributed by atoms with E-state index in [2.05, 4.69) is 9.88 Å². The molecule has 2 heterocycles. The van der Waals surface area contributed by atoms with Gasteiger partial charge in [-0.3, -0.25) is 9.78 Å². The molecule has 34 heavy (non-hydrogen) atoms. The van der Waals surface area contributed by atoms with Crippen LogP contribution in [0.1, 0.15) is 81.4 Å². The zero-order valence-electron chi connectivity index (χ0n) is 20.8. The summed E-state index contributed by atoms with van der Waals surface area (Å²) in [6, 6.07) is 5.67. The number of piperidine rings is 1. The fraction of sp³-hybridized carbons (Fsp3) is 0.643. The van der Waals surface area contributed by atoms with Gasteiger partial charge in [0.15, 0.2) is 0 Å². The van der Waals surface area contributed by atoms with Crippen molar-refractivity contribution in [3.8, 4) is 5.75 Å². The van der Waals surface area contributed by atoms with Crippen LogP contribution in [-0.4, -0.2) is 52.8 Å². The number of aliphatic hydroxyl groups excluding tert-OH is 1. The van der Waals surface area contributed by atoms with Gasteiger partial charge in [-0.1, -0.05) is 32.1 Å². The molecule has 6 heteroatoms. The normalized spacial score (nSPS) is 20.3. The first-order chi connectivity index (χ1) is 16.4. The number of methoxy groups -OCH3 is 1. The van der Waals surface area contributed by atoms with E-state index in [1.54, 1.807) is 13.3 Å². The summed E-state index contributed by atoms with van der Waals surface area (Å²) in [7, 11) is 1.62. The number of ether oxygens (including phenoxy) is 1. The van der Waals surface area contributed by atoms with E-state index in [-0.39, 0.29) is 0 Å². The van der Waals surface area contributed by atoms with E-state index in [4.69, 9.17) is 4.74 Å². The minimum absolute atomic E-state index is 0.422. The van der Waals surface area contributed by atoms with E-state index in [1.807, 2.05) is 25.1 Å². The lowest BCUT2D eigenvalue weighted by molar-refractivity contribution is -0.153. The van der Waals surface area contributed by atoms with Gasteiger partial charge in [-0.15, -0.1) is 0 Å². The van der Waals surface area contributed by atoms with Crippen molar-refractivity contribution in [2.24, 2.45) is 11.3 Å². The van der Waals surface area contributed by atoms with Crippen LogP contribution in [0.2, 0.25) is 0 Å². The van der Waals surface area contributed by atoms with Crippen LogP contribution >= 0.6 is 0 Å². The van der Waals surface area contributed by atoms with Gasteiger partial charge in [-0.2, -0.15) is 0 Å². The van der Waals surface area contributed by atoms with Gasteiger partial charge in [0.05, 0.1) is 24.1 Å². The molecule has 0 radical (unpaired) electrons. The van der Waals surface area contributed by atoms with Gasteiger partial charge in [0.2, 0.25) is 0 Å². The molecule has 1 saturated heterocycles. The maximum absolute atomic E-state index is 12.4. The highest BCUT2D eigenvalue weighted by atomic mass is 16.5. The molecule has 2 aromatic rings. The summed E-state index contributed by atoms with van der Waals surface area (Å²) in [6.45, 7) is 4.71. The molecule has 1 aliphatic carbocycles. The molecule has 1 aliphatic heterocycles. The van der Waals surface area contributed by atoms with Gasteiger partial charge < -0.3 is 19.8 Å². The van der Waals surface area contributed by atoms with Crippen molar-refractivity contribution >= 4 is 16.9 Å². The van der Waals surface area contributed by atoms with Crippen LogP contribution in [0.15, 0.2) is 24.4 Å². The van der Waals surface area contributed by atoms with E-state index in [0.29, 0.717) is 25.7 Å². The molecule has 2 fully saturated rings. The summed E-state index contributed by atoms with van der Waals surface area (Å²) in [4.78, 5) is 19.3. The van der Waals surface area contributed by atoms with Gasteiger partial charge in [0, 0.05) is 11.6 Å². The summed E-state index contributed by atoms with van der Waals surface area (Å²) in [5, 5.41) is 22.2. The van der Waals surface area contributed by atoms with Crippen LogP contribution in [0.25, 0.3) is 10.9 Å². The SMILES string of the molecule is COc1ccc2ncc(C)c(C(O)CCC3(C(=O)O)CCN(CCC4CCCCC4)CC3)c2c1. The smallest absolute Gasteiger partial charge is 0.309 e. The first kappa shape index (κ1) is 24.9. The molecule has 2 N–H and O–H groups in total. The predicted molar refractivity (Wildman–Crippen MR) is 134 cm³/mol. The number of benzene rings is 1. The first-order valence-electron chi connectivity index (χ1n) is 13.0. The van der Waals surface area contributed by atoms with Crippen molar-refractivity contribution in [2.75, 3.05) is 26.7 Å². The molecule has 1 saturated carbocycles. The number of aliphatic carboxylic acids is 1. The lowest BCUT2D eigenvalue weighted by Gasteiger charge is -2.40. The minimum atomic E-state index is -0.753. The van der Waals surface area contributed by atoms with Crippen LogP contribution in [0.5, 0.6) is 5.75 Å². The molecule has 186 valence electrons. The van der Waals surface area contributed by atoms with Crippen molar-refractivity contribution in [2.45, 2.75) is 77.2 Å². The zero-order valence-corrected chi connectivity index (χ0v) is 20.8. The van der Waals surface area contributed by atoms with Crippen LogP contribution in [0.3, 0.4) is 0 Å². The standard InChI is InChI=1S/C28H40N2O4/c1-20-19-29-24-9-8-22(34-2)18-23(24)26(20)25(31)10-12-28(27(32)33)13-16-30(17-14-28)15-11-21-6-4-3-5-7-21/h8-9,18-19,21,25,31H,3-7,10-17H2,1-2H3,(H,32,33). The number of pyridine rings is 1. The Labute approximate surface area is 203 Å². The van der Waals surface area contributed by atoms with Gasteiger partial charge >= 0.3 is 5.97 Å². The van der Waals surface area contributed by atoms with E-state index in [0.717, 1.165) is 53.3 Å². The lowest BCUT2D eigenvalue weighted by atomic mass is 9.73. The van der Waals surface area contributed by atoms with E-state index in [1.165, 1.54) is 38.5 Å². The average molecular weight is 469 g/mol. The topological polar surface area (TPSA) is 82.9 Å². The predicted octanol–water partition coefficient (Wildman–Crippen LogP) is 5.50. The number of aromatic nitrogens is 1. The second kappa shape index (κ2) is 11.0. The summed E-state index contributed by atoms with van der Waals surface area (Å²) in [5.74, 6) is 0.854. The molecule has 1 aromatic heterocycles. The van der Waals surface area contributed by atoms with E-state index < -0.39 is 17.5 Å².